The molecule has 3 rings (SSSR count). The zero-order valence-electron chi connectivity index (χ0n) is 21.5. The Morgan fingerprint density at radius 1 is 1.02 bits per heavy atom. The van der Waals surface area contributed by atoms with E-state index < -0.39 is 69.7 Å². The van der Waals surface area contributed by atoms with Crippen molar-refractivity contribution in [3.05, 3.63) is 65.0 Å². The lowest BCUT2D eigenvalue weighted by molar-refractivity contribution is -0.145. The summed E-state index contributed by atoms with van der Waals surface area (Å²) < 4.78 is 129. The first-order valence-electron chi connectivity index (χ1n) is 12.1. The van der Waals surface area contributed by atoms with E-state index in [4.69, 9.17) is 0 Å². The number of rotatable bonds is 9. The van der Waals surface area contributed by atoms with E-state index in [1.807, 2.05) is 4.90 Å². The molecule has 1 aliphatic heterocycles. The number of methoxy groups -OCH3 is 1. The molecule has 222 valence electrons. The summed E-state index contributed by atoms with van der Waals surface area (Å²) in [4.78, 5) is 13.6. The Balaban J connectivity index is 1.96. The molecule has 15 heteroatoms. The van der Waals surface area contributed by atoms with Crippen LogP contribution < -0.4 is 9.03 Å². The van der Waals surface area contributed by atoms with Gasteiger partial charge in [0.25, 0.3) is 0 Å². The van der Waals surface area contributed by atoms with Gasteiger partial charge in [0.15, 0.2) is 0 Å². The molecule has 2 aromatic rings. The Bertz CT molecular complexity index is 1240. The second kappa shape index (κ2) is 12.3. The molecule has 1 aliphatic rings. The third-order valence-electron chi connectivity index (χ3n) is 6.47. The molecule has 1 atom stereocenters. The summed E-state index contributed by atoms with van der Waals surface area (Å²) in [6.45, 7) is 1.75. The lowest BCUT2D eigenvalue weighted by atomic mass is 10.0. The van der Waals surface area contributed by atoms with Crippen molar-refractivity contribution in [2.45, 2.75) is 44.7 Å². The molecular weight excluding hydrogens is 571 g/mol. The Labute approximate surface area is 227 Å². The van der Waals surface area contributed by atoms with Crippen molar-refractivity contribution in [1.82, 2.24) is 9.62 Å². The Kier molecular flexibility index (Phi) is 9.73. The largest absolute Gasteiger partial charge is 0.469 e. The summed E-state index contributed by atoms with van der Waals surface area (Å²) in [6.07, 6.45) is -10.2. The molecule has 1 fully saturated rings. The summed E-state index contributed by atoms with van der Waals surface area (Å²) in [5, 5.41) is 0. The number of hydrogen-bond acceptors (Lipinski definition) is 5. The number of nitrogens with zero attached hydrogens (tertiary/aromatic N) is 2. The predicted molar refractivity (Wildman–Crippen MR) is 132 cm³/mol. The van der Waals surface area contributed by atoms with Crippen LogP contribution in [0.5, 0.6) is 0 Å². The maximum atomic E-state index is 13.6. The topological polar surface area (TPSA) is 78.9 Å². The van der Waals surface area contributed by atoms with Gasteiger partial charge in [-0.2, -0.15) is 39.5 Å². The molecule has 0 bridgehead atoms. The number of nitrogens with one attached hydrogen (secondary N) is 1. The predicted octanol–water partition coefficient (Wildman–Crippen LogP) is 4.98. The van der Waals surface area contributed by atoms with Gasteiger partial charge < -0.3 is 4.74 Å². The number of ether oxygens (including phenoxy) is 1. The van der Waals surface area contributed by atoms with Crippen LogP contribution in [0.3, 0.4) is 0 Å². The minimum Gasteiger partial charge on any atom is -0.469 e. The van der Waals surface area contributed by atoms with E-state index in [0.717, 1.165) is 12.7 Å². The molecule has 1 saturated heterocycles. The number of halogens is 7. The summed E-state index contributed by atoms with van der Waals surface area (Å²) in [5.74, 6) is -2.16. The van der Waals surface area contributed by atoms with Crippen LogP contribution in [0.25, 0.3) is 0 Å². The van der Waals surface area contributed by atoms with Crippen molar-refractivity contribution in [3.63, 3.8) is 0 Å². The molecule has 40 heavy (non-hydrogen) atoms. The van der Waals surface area contributed by atoms with Gasteiger partial charge in [-0.25, -0.2) is 4.39 Å². The third kappa shape index (κ3) is 8.07. The van der Waals surface area contributed by atoms with Gasteiger partial charge in [-0.05, 0) is 48.7 Å². The fourth-order valence-corrected chi connectivity index (χ4v) is 5.94. The van der Waals surface area contributed by atoms with Gasteiger partial charge in [0.05, 0.1) is 29.8 Å². The summed E-state index contributed by atoms with van der Waals surface area (Å²) >= 11 is 0. The van der Waals surface area contributed by atoms with E-state index in [2.05, 4.69) is 9.46 Å². The number of carbonyl (C=O) groups is 1. The smallest absolute Gasteiger partial charge is 0.416 e. The molecule has 0 aliphatic carbocycles. The molecule has 0 radical (unpaired) electrons. The van der Waals surface area contributed by atoms with Crippen molar-refractivity contribution < 1.29 is 48.7 Å². The van der Waals surface area contributed by atoms with E-state index >= 15 is 0 Å². The van der Waals surface area contributed by atoms with Gasteiger partial charge in [0.1, 0.15) is 5.82 Å². The highest BCUT2D eigenvalue weighted by molar-refractivity contribution is 7.90. The normalized spacial score (nSPS) is 16.5. The van der Waals surface area contributed by atoms with Crippen LogP contribution >= 0.6 is 0 Å². The SMILES string of the molecule is COC(=O)[C@@H](C)CNS(=O)(=O)N(c1cc(C(F)(F)F)cc(C(F)(F)F)c1)C1CCN(Cc2ccc(F)cc2)CC1. The number of carbonyl (C=O) groups excluding carboxylic acids is 1. The zero-order chi connectivity index (χ0) is 29.9. The second-order valence-electron chi connectivity index (χ2n) is 9.47. The lowest BCUT2D eigenvalue weighted by Gasteiger charge is -2.39. The van der Waals surface area contributed by atoms with E-state index in [-0.39, 0.29) is 32.0 Å². The standard InChI is InChI=1S/C25H28F7N3O4S/c1-16(23(36)39-2)14-33-40(37,38)35(22-12-18(24(27,28)29)11-19(13-22)25(30,31)32)21-7-9-34(10-8-21)15-17-3-5-20(26)6-4-17/h3-6,11-13,16,21,33H,7-10,14-15H2,1-2H3/t16-/m0/s1. The van der Waals surface area contributed by atoms with E-state index in [9.17, 15) is 43.9 Å². The fraction of sp³-hybridized carbons (Fsp3) is 0.480. The van der Waals surface area contributed by atoms with Gasteiger partial charge in [-0.15, -0.1) is 0 Å². The Morgan fingerprint density at radius 3 is 2.02 bits per heavy atom. The van der Waals surface area contributed by atoms with Crippen molar-refractivity contribution >= 4 is 21.9 Å². The number of likely N-dealkylation sites (tertiary alicyclic amines) is 1. The number of anilines is 1. The van der Waals surface area contributed by atoms with Crippen LogP contribution in [0.1, 0.15) is 36.5 Å². The van der Waals surface area contributed by atoms with Gasteiger partial charge in [0, 0.05) is 32.2 Å². The van der Waals surface area contributed by atoms with Crippen molar-refractivity contribution in [2.75, 3.05) is 31.0 Å². The molecule has 0 unspecified atom stereocenters. The van der Waals surface area contributed by atoms with Crippen molar-refractivity contribution in [3.8, 4) is 0 Å². The van der Waals surface area contributed by atoms with Crippen LogP contribution in [0.2, 0.25) is 0 Å². The van der Waals surface area contributed by atoms with Gasteiger partial charge >= 0.3 is 28.5 Å². The fourth-order valence-electron chi connectivity index (χ4n) is 4.36. The van der Waals surface area contributed by atoms with Crippen molar-refractivity contribution in [1.29, 1.82) is 0 Å². The third-order valence-corrected chi connectivity index (χ3v) is 8.03. The van der Waals surface area contributed by atoms with E-state index in [1.165, 1.54) is 19.1 Å². The summed E-state index contributed by atoms with van der Waals surface area (Å²) in [5.41, 5.74) is -3.35. The van der Waals surface area contributed by atoms with Crippen molar-refractivity contribution in [2.24, 2.45) is 5.92 Å². The first-order valence-corrected chi connectivity index (χ1v) is 13.6. The number of hydrogen-bond donors (Lipinski definition) is 1. The zero-order valence-corrected chi connectivity index (χ0v) is 22.3. The van der Waals surface area contributed by atoms with Crippen LogP contribution in [-0.4, -0.2) is 52.1 Å². The summed E-state index contributed by atoms with van der Waals surface area (Å²) in [6, 6.07) is 5.36. The first-order chi connectivity index (χ1) is 18.5. The number of esters is 1. The lowest BCUT2D eigenvalue weighted by Crippen LogP contribution is -2.52. The molecule has 0 aromatic heterocycles. The molecular formula is C25H28F7N3O4S. The first kappa shape index (κ1) is 31.6. The highest BCUT2D eigenvalue weighted by Crippen LogP contribution is 2.40. The highest BCUT2D eigenvalue weighted by Gasteiger charge is 2.40. The van der Waals surface area contributed by atoms with Crippen LogP contribution in [0.4, 0.5) is 36.4 Å². The second-order valence-corrected chi connectivity index (χ2v) is 11.1. The van der Waals surface area contributed by atoms with Crippen LogP contribution in [0, 0.1) is 11.7 Å². The molecule has 7 nitrogen and oxygen atoms in total. The Hall–Kier alpha value is -2.91. The van der Waals surface area contributed by atoms with Gasteiger partial charge in [-0.3, -0.25) is 14.0 Å². The maximum Gasteiger partial charge on any atom is 0.416 e. The highest BCUT2D eigenvalue weighted by atomic mass is 32.2. The van der Waals surface area contributed by atoms with E-state index in [0.29, 0.717) is 23.0 Å². The number of piperidine rings is 1. The van der Waals surface area contributed by atoms with E-state index in [1.54, 1.807) is 12.1 Å². The van der Waals surface area contributed by atoms with Crippen LogP contribution in [-0.2, 0) is 38.6 Å². The number of alkyl halides is 6. The Morgan fingerprint density at radius 2 is 1.55 bits per heavy atom. The monoisotopic (exact) mass is 599 g/mol. The quantitative estimate of drug-likeness (QED) is 0.325. The number of benzene rings is 2. The van der Waals surface area contributed by atoms with Gasteiger partial charge in [-0.1, -0.05) is 19.1 Å². The molecule has 1 N–H and O–H groups in total. The molecule has 2 aromatic carbocycles. The molecule has 1 heterocycles. The molecule has 0 saturated carbocycles. The molecule has 0 amide bonds. The minimum absolute atomic E-state index is 0.0757. The van der Waals surface area contributed by atoms with Crippen LogP contribution in [0.15, 0.2) is 42.5 Å². The summed E-state index contributed by atoms with van der Waals surface area (Å²) in [7, 11) is -3.65. The average Bonchev–Trinajstić information content (AvgIpc) is 2.88. The average molecular weight is 600 g/mol. The van der Waals surface area contributed by atoms with Gasteiger partial charge in [0.2, 0.25) is 0 Å². The molecule has 0 spiro atoms. The maximum absolute atomic E-state index is 13.6. The minimum atomic E-state index is -5.18.